The highest BCUT2D eigenvalue weighted by Crippen LogP contribution is 2.44. The van der Waals surface area contributed by atoms with Crippen molar-refractivity contribution in [2.75, 3.05) is 44.8 Å². The molecule has 20 nitrogen and oxygen atoms in total. The fourth-order valence-electron chi connectivity index (χ4n) is 9.41. The van der Waals surface area contributed by atoms with Crippen molar-refractivity contribution >= 4 is 69.4 Å². The highest BCUT2D eigenvalue weighted by molar-refractivity contribution is 6.13. The molecular formula is C55H68N10O10. The number of carbonyl (C=O) groups excluding carboxylic acids is 7. The molecule has 0 unspecified atom stereocenters. The van der Waals surface area contributed by atoms with Gasteiger partial charge in [0.25, 0.3) is 11.8 Å². The van der Waals surface area contributed by atoms with Crippen LogP contribution in [-0.2, 0) is 51.3 Å². The third-order valence-corrected chi connectivity index (χ3v) is 13.1. The molecular weight excluding hydrogens is 961 g/mol. The second kappa shape index (κ2) is 25.5. The number of imide groups is 1. The van der Waals surface area contributed by atoms with Crippen LogP contribution in [0.3, 0.4) is 0 Å². The number of aromatic nitrogens is 3. The van der Waals surface area contributed by atoms with Crippen LogP contribution in [0.4, 0.5) is 15.4 Å². The average Bonchev–Trinajstić information content (AvgIpc) is 4.02. The molecule has 0 saturated heterocycles. The molecule has 75 heavy (non-hydrogen) atoms. The van der Waals surface area contributed by atoms with Crippen LogP contribution in [0.25, 0.3) is 33.1 Å². The van der Waals surface area contributed by atoms with E-state index in [2.05, 4.69) is 26.6 Å². The summed E-state index contributed by atoms with van der Waals surface area (Å²) in [6, 6.07) is 20.4. The minimum absolute atomic E-state index is 0.0438. The number of hydrogen-bond donors (Lipinski definition) is 6. The number of primary amides is 1. The third kappa shape index (κ3) is 14.1. The Morgan fingerprint density at radius 3 is 2.16 bits per heavy atom. The van der Waals surface area contributed by atoms with Gasteiger partial charge in [-0.25, -0.2) is 19.6 Å². The van der Waals surface area contributed by atoms with Crippen molar-refractivity contribution in [1.82, 2.24) is 40.7 Å². The molecule has 0 fully saturated rings. The molecule has 0 radical (unpaired) electrons. The van der Waals surface area contributed by atoms with E-state index in [0.717, 1.165) is 27.6 Å². The zero-order valence-electron chi connectivity index (χ0n) is 43.2. The lowest BCUT2D eigenvalue weighted by Crippen LogP contribution is -2.54. The van der Waals surface area contributed by atoms with Gasteiger partial charge in [0.15, 0.2) is 5.82 Å². The van der Waals surface area contributed by atoms with Crippen molar-refractivity contribution < 1.29 is 47.8 Å². The minimum atomic E-state index is -1.17. The Labute approximate surface area is 435 Å². The molecule has 7 rings (SSSR count). The Bertz CT molecular complexity index is 2870. The van der Waals surface area contributed by atoms with E-state index >= 15 is 0 Å². The van der Waals surface area contributed by atoms with Crippen molar-refractivity contribution in [3.05, 3.63) is 102 Å². The van der Waals surface area contributed by atoms with Crippen LogP contribution in [-0.4, -0.2) is 118 Å². The number of fused-ring (bicyclic) bond motifs is 6. The molecule has 3 aromatic carbocycles. The number of carbonyl (C=O) groups is 7. The van der Waals surface area contributed by atoms with Crippen molar-refractivity contribution in [3.8, 4) is 11.1 Å². The second-order valence-electron chi connectivity index (χ2n) is 19.5. The summed E-state index contributed by atoms with van der Waals surface area (Å²) in [7, 11) is 0. The fraction of sp³-hybridized carbons (Fsp3) is 0.436. The Balaban J connectivity index is 1.03. The van der Waals surface area contributed by atoms with E-state index < -0.39 is 47.5 Å². The number of benzene rings is 3. The van der Waals surface area contributed by atoms with Crippen molar-refractivity contribution in [1.29, 1.82) is 0 Å². The van der Waals surface area contributed by atoms with Gasteiger partial charge in [0, 0.05) is 56.1 Å². The van der Waals surface area contributed by atoms with Gasteiger partial charge in [0.2, 0.25) is 17.7 Å². The maximum atomic E-state index is 14.5. The van der Waals surface area contributed by atoms with Crippen LogP contribution in [0, 0.1) is 5.92 Å². The molecule has 398 valence electrons. The molecule has 2 atom stereocenters. The Hall–Kier alpha value is -7.71. The van der Waals surface area contributed by atoms with Gasteiger partial charge in [-0.05, 0) is 80.7 Å². The SMILES string of the molecule is CCOCc1nc2c(NC(=O)[C@H](CCCNC(N)=O)NC(=O)[C@@H](NC(=O)OCC3c4ccccc4-c4ccccc43)C(C)C)nc3ccccc3c2n1CC(C)(C)OCCNC(=O)CCCCCN1C(=O)C=CC1=O. The number of imidazole rings is 1. The Morgan fingerprint density at radius 1 is 0.800 bits per heavy atom. The molecule has 2 aliphatic rings. The lowest BCUT2D eigenvalue weighted by molar-refractivity contribution is -0.137. The standard InChI is InChI=1S/C55H68N10O10/c1-6-73-32-43-61-48-49(65(43)33-55(4,5)75-30-28-57-44(66)24-8-7-15-29-64-45(67)25-26-46(64)68)39-21-13-14-22-41(39)59-50(48)63-51(69)42(23-16-27-58-53(56)71)60-52(70)47(34(2)3)62-54(72)74-31-40-37-19-11-9-17-35(37)36-18-10-12-20-38(36)40/h9-14,17-22,25-26,34,40,42,47H,6-8,15-16,23-24,27-33H2,1-5H3,(H,57,66)(H,60,70)(H,62,72)(H3,56,58,71)(H,59,63,69)/t42-,47-/m0/s1. The predicted molar refractivity (Wildman–Crippen MR) is 282 cm³/mol. The first kappa shape index (κ1) is 55.0. The summed E-state index contributed by atoms with van der Waals surface area (Å²) in [5.41, 5.74) is 10.4. The second-order valence-corrected chi connectivity index (χ2v) is 19.5. The van der Waals surface area contributed by atoms with E-state index in [-0.39, 0.29) is 81.8 Å². The van der Waals surface area contributed by atoms with Gasteiger partial charge in [0.05, 0.1) is 29.8 Å². The topological polar surface area (TPSA) is 267 Å². The average molecular weight is 1030 g/mol. The van der Waals surface area contributed by atoms with Crippen LogP contribution in [0.5, 0.6) is 0 Å². The van der Waals surface area contributed by atoms with Gasteiger partial charge in [-0.1, -0.05) is 87.0 Å². The van der Waals surface area contributed by atoms with Gasteiger partial charge >= 0.3 is 12.1 Å². The molecule has 20 heteroatoms. The summed E-state index contributed by atoms with van der Waals surface area (Å²) >= 11 is 0. The lowest BCUT2D eigenvalue weighted by atomic mass is 9.98. The first-order valence-electron chi connectivity index (χ1n) is 25.6. The Morgan fingerprint density at radius 2 is 1.48 bits per heavy atom. The molecule has 7 N–H and O–H groups in total. The van der Waals surface area contributed by atoms with Crippen LogP contribution >= 0.6 is 0 Å². The number of ether oxygens (including phenoxy) is 3. The number of para-hydroxylation sites is 1. The van der Waals surface area contributed by atoms with Crippen molar-refractivity contribution in [2.24, 2.45) is 11.7 Å². The summed E-state index contributed by atoms with van der Waals surface area (Å²) in [4.78, 5) is 101. The molecule has 0 spiro atoms. The number of urea groups is 1. The first-order valence-corrected chi connectivity index (χ1v) is 25.6. The maximum Gasteiger partial charge on any atom is 0.407 e. The summed E-state index contributed by atoms with van der Waals surface area (Å²) in [5.74, 6) is -1.93. The van der Waals surface area contributed by atoms with Crippen LogP contribution in [0.1, 0.15) is 96.0 Å². The van der Waals surface area contributed by atoms with Crippen LogP contribution < -0.4 is 32.3 Å². The number of unbranched alkanes of at least 4 members (excludes halogenated alkanes) is 2. The molecule has 1 aliphatic carbocycles. The van der Waals surface area contributed by atoms with Gasteiger partial charge in [-0.2, -0.15) is 0 Å². The molecule has 3 heterocycles. The van der Waals surface area contributed by atoms with Crippen LogP contribution in [0.2, 0.25) is 0 Å². The number of amides is 8. The van der Waals surface area contributed by atoms with Crippen molar-refractivity contribution in [2.45, 2.75) is 110 Å². The number of alkyl carbamates (subject to hydrolysis) is 1. The zero-order valence-corrected chi connectivity index (χ0v) is 43.2. The molecule has 0 saturated carbocycles. The first-order chi connectivity index (χ1) is 36.0. The molecule has 8 amide bonds. The quantitative estimate of drug-likeness (QED) is 0.0263. The van der Waals surface area contributed by atoms with E-state index in [1.807, 2.05) is 98.1 Å². The molecule has 2 aromatic heterocycles. The summed E-state index contributed by atoms with van der Waals surface area (Å²) < 4.78 is 20.0. The molecule has 5 aromatic rings. The van der Waals surface area contributed by atoms with Gasteiger partial charge in [0.1, 0.15) is 36.6 Å². The summed E-state index contributed by atoms with van der Waals surface area (Å²) in [6.45, 7) is 11.1. The molecule has 0 bridgehead atoms. The largest absolute Gasteiger partial charge is 0.449 e. The van der Waals surface area contributed by atoms with E-state index in [1.165, 1.54) is 17.1 Å². The number of nitrogens with one attached hydrogen (secondary N) is 5. The maximum absolute atomic E-state index is 14.5. The van der Waals surface area contributed by atoms with E-state index in [1.54, 1.807) is 13.8 Å². The predicted octanol–water partition coefficient (Wildman–Crippen LogP) is 5.95. The van der Waals surface area contributed by atoms with E-state index in [0.29, 0.717) is 61.2 Å². The van der Waals surface area contributed by atoms with E-state index in [9.17, 15) is 33.6 Å². The number of rotatable bonds is 27. The highest BCUT2D eigenvalue weighted by Gasteiger charge is 2.33. The van der Waals surface area contributed by atoms with Gasteiger partial charge in [-0.15, -0.1) is 0 Å². The van der Waals surface area contributed by atoms with E-state index in [4.69, 9.17) is 29.9 Å². The van der Waals surface area contributed by atoms with Crippen LogP contribution in [0.15, 0.2) is 84.9 Å². The van der Waals surface area contributed by atoms with Crippen molar-refractivity contribution in [3.63, 3.8) is 0 Å². The summed E-state index contributed by atoms with van der Waals surface area (Å²) in [6.07, 6.45) is 4.26. The summed E-state index contributed by atoms with van der Waals surface area (Å²) in [5, 5.41) is 14.7. The normalized spacial score (nSPS) is 14.0. The Kier molecular flexibility index (Phi) is 18.7. The fourth-order valence-corrected chi connectivity index (χ4v) is 9.41. The van der Waals surface area contributed by atoms with Gasteiger partial charge in [-0.3, -0.25) is 28.9 Å². The number of anilines is 1. The van der Waals surface area contributed by atoms with Gasteiger partial charge < -0.3 is 51.1 Å². The lowest BCUT2D eigenvalue weighted by Gasteiger charge is -2.27. The molecule has 1 aliphatic heterocycles. The zero-order chi connectivity index (χ0) is 53.6. The number of hydrogen-bond acceptors (Lipinski definition) is 12. The third-order valence-electron chi connectivity index (χ3n) is 13.1. The number of nitrogens with two attached hydrogens (primary N) is 1. The smallest absolute Gasteiger partial charge is 0.407 e. The number of nitrogens with zero attached hydrogens (tertiary/aromatic N) is 4. The monoisotopic (exact) mass is 1030 g/mol. The number of pyridine rings is 1. The highest BCUT2D eigenvalue weighted by atomic mass is 16.5. The minimum Gasteiger partial charge on any atom is -0.449 e.